The SMILES string of the molecule is NC1CCCCCC1OCCF. The van der Waals surface area contributed by atoms with Gasteiger partial charge in [0.15, 0.2) is 0 Å². The highest BCUT2D eigenvalue weighted by atomic mass is 19.1. The van der Waals surface area contributed by atoms with Crippen molar-refractivity contribution < 1.29 is 9.13 Å². The zero-order valence-corrected chi connectivity index (χ0v) is 7.47. The molecule has 1 aliphatic rings. The van der Waals surface area contributed by atoms with Crippen molar-refractivity contribution in [3.05, 3.63) is 0 Å². The first-order valence-corrected chi connectivity index (χ1v) is 4.77. The fraction of sp³-hybridized carbons (Fsp3) is 1.00. The van der Waals surface area contributed by atoms with E-state index in [-0.39, 0.29) is 18.8 Å². The first-order valence-electron chi connectivity index (χ1n) is 4.77. The molecule has 12 heavy (non-hydrogen) atoms. The number of hydrogen-bond acceptors (Lipinski definition) is 2. The Morgan fingerprint density at radius 2 is 2.00 bits per heavy atom. The van der Waals surface area contributed by atoms with Crippen molar-refractivity contribution in [2.75, 3.05) is 13.3 Å². The lowest BCUT2D eigenvalue weighted by molar-refractivity contribution is 0.0239. The fourth-order valence-electron chi connectivity index (χ4n) is 1.71. The van der Waals surface area contributed by atoms with E-state index >= 15 is 0 Å². The Labute approximate surface area is 73.3 Å². The highest BCUT2D eigenvalue weighted by Gasteiger charge is 2.20. The maximum Gasteiger partial charge on any atom is 0.113 e. The predicted molar refractivity (Wildman–Crippen MR) is 46.8 cm³/mol. The molecule has 0 aromatic heterocycles. The molecule has 1 saturated carbocycles. The van der Waals surface area contributed by atoms with E-state index in [0.29, 0.717) is 0 Å². The standard InChI is InChI=1S/C9H18FNO/c10-6-7-12-9-5-3-1-2-4-8(9)11/h8-9H,1-7,11H2. The van der Waals surface area contributed by atoms with Gasteiger partial charge in [-0.15, -0.1) is 0 Å². The van der Waals surface area contributed by atoms with Crippen LogP contribution in [0.5, 0.6) is 0 Å². The van der Waals surface area contributed by atoms with Gasteiger partial charge >= 0.3 is 0 Å². The third-order valence-corrected chi connectivity index (χ3v) is 2.41. The van der Waals surface area contributed by atoms with Gasteiger partial charge in [0.25, 0.3) is 0 Å². The number of nitrogens with two attached hydrogens (primary N) is 1. The molecule has 72 valence electrons. The van der Waals surface area contributed by atoms with Gasteiger partial charge in [-0.2, -0.15) is 0 Å². The van der Waals surface area contributed by atoms with E-state index in [9.17, 15) is 4.39 Å². The molecule has 0 aliphatic heterocycles. The van der Waals surface area contributed by atoms with Crippen molar-refractivity contribution in [2.24, 2.45) is 5.73 Å². The van der Waals surface area contributed by atoms with Crippen LogP contribution in [0.2, 0.25) is 0 Å². The predicted octanol–water partition coefficient (Wildman–Crippen LogP) is 1.63. The van der Waals surface area contributed by atoms with Gasteiger partial charge < -0.3 is 10.5 Å². The van der Waals surface area contributed by atoms with Crippen molar-refractivity contribution in [2.45, 2.75) is 44.2 Å². The van der Waals surface area contributed by atoms with E-state index in [0.717, 1.165) is 12.8 Å². The maximum absolute atomic E-state index is 11.8. The smallest absolute Gasteiger partial charge is 0.113 e. The lowest BCUT2D eigenvalue weighted by atomic mass is 10.1. The van der Waals surface area contributed by atoms with E-state index in [1.54, 1.807) is 0 Å². The van der Waals surface area contributed by atoms with Gasteiger partial charge in [0.05, 0.1) is 12.7 Å². The minimum absolute atomic E-state index is 0.100. The van der Waals surface area contributed by atoms with E-state index in [1.165, 1.54) is 19.3 Å². The molecule has 3 heteroatoms. The van der Waals surface area contributed by atoms with Crippen LogP contribution in [0, 0.1) is 0 Å². The number of alkyl halides is 1. The Hall–Kier alpha value is -0.150. The summed E-state index contributed by atoms with van der Waals surface area (Å²) in [6.45, 7) is -0.193. The lowest BCUT2D eigenvalue weighted by Gasteiger charge is -2.20. The van der Waals surface area contributed by atoms with Gasteiger partial charge in [-0.05, 0) is 12.8 Å². The van der Waals surface area contributed by atoms with Crippen LogP contribution in [0.3, 0.4) is 0 Å². The molecule has 1 rings (SSSR count). The monoisotopic (exact) mass is 175 g/mol. The van der Waals surface area contributed by atoms with Gasteiger partial charge in [0, 0.05) is 6.04 Å². The summed E-state index contributed by atoms with van der Waals surface area (Å²) in [6, 6.07) is 0.124. The zero-order chi connectivity index (χ0) is 8.81. The first kappa shape index (κ1) is 9.93. The summed E-state index contributed by atoms with van der Waals surface area (Å²) in [4.78, 5) is 0. The highest BCUT2D eigenvalue weighted by molar-refractivity contribution is 4.76. The van der Waals surface area contributed by atoms with E-state index in [4.69, 9.17) is 10.5 Å². The maximum atomic E-state index is 11.8. The second-order valence-corrected chi connectivity index (χ2v) is 3.40. The Bertz CT molecular complexity index is 121. The minimum atomic E-state index is -0.400. The van der Waals surface area contributed by atoms with Crippen LogP contribution in [-0.2, 0) is 4.74 Å². The Kier molecular flexibility index (Phi) is 4.54. The van der Waals surface area contributed by atoms with Crippen LogP contribution in [0.1, 0.15) is 32.1 Å². The molecule has 0 radical (unpaired) electrons. The molecule has 0 heterocycles. The van der Waals surface area contributed by atoms with Crippen molar-refractivity contribution in [3.63, 3.8) is 0 Å². The van der Waals surface area contributed by atoms with Gasteiger partial charge in [0.2, 0.25) is 0 Å². The molecule has 2 nitrogen and oxygen atoms in total. The van der Waals surface area contributed by atoms with Gasteiger partial charge in [-0.1, -0.05) is 19.3 Å². The Morgan fingerprint density at radius 1 is 1.25 bits per heavy atom. The molecular formula is C9H18FNO. The number of halogens is 1. The third-order valence-electron chi connectivity index (χ3n) is 2.41. The van der Waals surface area contributed by atoms with Crippen molar-refractivity contribution in [3.8, 4) is 0 Å². The van der Waals surface area contributed by atoms with Crippen LogP contribution in [-0.4, -0.2) is 25.4 Å². The molecule has 0 aromatic rings. The first-order chi connectivity index (χ1) is 5.84. The molecular weight excluding hydrogens is 157 g/mol. The molecule has 1 fully saturated rings. The highest BCUT2D eigenvalue weighted by Crippen LogP contribution is 2.18. The zero-order valence-electron chi connectivity index (χ0n) is 7.47. The average Bonchev–Trinajstić information content (AvgIpc) is 2.27. The normalized spacial score (nSPS) is 31.5. The number of ether oxygens (including phenoxy) is 1. The molecule has 0 bridgehead atoms. The molecule has 0 saturated heterocycles. The summed E-state index contributed by atoms with van der Waals surface area (Å²) in [7, 11) is 0. The quantitative estimate of drug-likeness (QED) is 0.662. The second kappa shape index (κ2) is 5.49. The molecule has 2 N–H and O–H groups in total. The lowest BCUT2D eigenvalue weighted by Crippen LogP contribution is -2.36. The van der Waals surface area contributed by atoms with Gasteiger partial charge in [-0.3, -0.25) is 0 Å². The van der Waals surface area contributed by atoms with E-state index in [1.807, 2.05) is 0 Å². The van der Waals surface area contributed by atoms with E-state index in [2.05, 4.69) is 0 Å². The Morgan fingerprint density at radius 3 is 2.75 bits per heavy atom. The largest absolute Gasteiger partial charge is 0.374 e. The van der Waals surface area contributed by atoms with E-state index < -0.39 is 6.67 Å². The third kappa shape index (κ3) is 3.07. The fourth-order valence-corrected chi connectivity index (χ4v) is 1.71. The summed E-state index contributed by atoms with van der Waals surface area (Å²) in [5, 5.41) is 0. The molecule has 2 unspecified atom stereocenters. The molecule has 0 spiro atoms. The van der Waals surface area contributed by atoms with Crippen LogP contribution in [0.15, 0.2) is 0 Å². The summed E-state index contributed by atoms with van der Waals surface area (Å²) in [5.41, 5.74) is 5.87. The Balaban J connectivity index is 2.26. The molecule has 0 aromatic carbocycles. The summed E-state index contributed by atoms with van der Waals surface area (Å²) < 4.78 is 17.1. The van der Waals surface area contributed by atoms with Crippen molar-refractivity contribution >= 4 is 0 Å². The number of hydrogen-bond donors (Lipinski definition) is 1. The summed E-state index contributed by atoms with van der Waals surface area (Å²) >= 11 is 0. The van der Waals surface area contributed by atoms with Crippen LogP contribution >= 0.6 is 0 Å². The number of rotatable bonds is 3. The van der Waals surface area contributed by atoms with Crippen LogP contribution < -0.4 is 5.73 Å². The molecule has 2 atom stereocenters. The average molecular weight is 175 g/mol. The van der Waals surface area contributed by atoms with Gasteiger partial charge in [0.1, 0.15) is 6.67 Å². The minimum Gasteiger partial charge on any atom is -0.374 e. The van der Waals surface area contributed by atoms with Crippen LogP contribution in [0.4, 0.5) is 4.39 Å². The second-order valence-electron chi connectivity index (χ2n) is 3.40. The van der Waals surface area contributed by atoms with Crippen molar-refractivity contribution in [1.29, 1.82) is 0 Å². The van der Waals surface area contributed by atoms with Crippen LogP contribution in [0.25, 0.3) is 0 Å². The topological polar surface area (TPSA) is 35.2 Å². The van der Waals surface area contributed by atoms with Gasteiger partial charge in [-0.25, -0.2) is 4.39 Å². The summed E-state index contributed by atoms with van der Waals surface area (Å²) in [5.74, 6) is 0. The van der Waals surface area contributed by atoms with Crippen molar-refractivity contribution in [1.82, 2.24) is 0 Å². The molecule has 1 aliphatic carbocycles. The molecule has 0 amide bonds. The summed E-state index contributed by atoms with van der Waals surface area (Å²) in [6.07, 6.45) is 5.73.